The number of piperazine rings is 1. The van der Waals surface area contributed by atoms with Crippen LogP contribution in [0.1, 0.15) is 13.8 Å². The molecule has 1 aliphatic rings. The summed E-state index contributed by atoms with van der Waals surface area (Å²) in [7, 11) is 0. The number of hydrogen-bond acceptors (Lipinski definition) is 2. The topological polar surface area (TPSA) is 15.3 Å². The maximum Gasteiger partial charge on any atom is 0.0549 e. The van der Waals surface area contributed by atoms with Gasteiger partial charge in [-0.1, -0.05) is 11.6 Å². The number of nitrogens with one attached hydrogen (secondary N) is 1. The van der Waals surface area contributed by atoms with Crippen molar-refractivity contribution in [1.82, 2.24) is 5.32 Å². The SMILES string of the molecule is C[C@@H]1CN(c2ccc(Cl)c(Br)c2)C[C@H](C)N1. The molecule has 0 aliphatic carbocycles. The first-order chi connectivity index (χ1) is 7.56. The maximum atomic E-state index is 6.00. The molecule has 2 nitrogen and oxygen atoms in total. The minimum atomic E-state index is 0.526. The lowest BCUT2D eigenvalue weighted by Crippen LogP contribution is -2.54. The van der Waals surface area contributed by atoms with Gasteiger partial charge >= 0.3 is 0 Å². The number of nitrogens with zero attached hydrogens (tertiary/aromatic N) is 1. The van der Waals surface area contributed by atoms with Crippen LogP contribution in [0.15, 0.2) is 22.7 Å². The highest BCUT2D eigenvalue weighted by atomic mass is 79.9. The average molecular weight is 304 g/mol. The zero-order chi connectivity index (χ0) is 11.7. The molecule has 0 amide bonds. The van der Waals surface area contributed by atoms with Crippen molar-refractivity contribution in [3.05, 3.63) is 27.7 Å². The molecule has 0 spiro atoms. The molecule has 4 heteroatoms. The first-order valence-corrected chi connectivity index (χ1v) is 6.69. The molecule has 1 saturated heterocycles. The van der Waals surface area contributed by atoms with Crippen LogP contribution in [-0.4, -0.2) is 25.2 Å². The number of halogens is 2. The third kappa shape index (κ3) is 2.70. The van der Waals surface area contributed by atoms with Gasteiger partial charge in [-0.25, -0.2) is 0 Å². The van der Waals surface area contributed by atoms with E-state index in [1.54, 1.807) is 0 Å². The maximum absolute atomic E-state index is 6.00. The van der Waals surface area contributed by atoms with Crippen LogP contribution in [0.25, 0.3) is 0 Å². The fraction of sp³-hybridized carbons (Fsp3) is 0.500. The van der Waals surface area contributed by atoms with Gasteiger partial charge in [-0.2, -0.15) is 0 Å². The quantitative estimate of drug-likeness (QED) is 0.856. The number of rotatable bonds is 1. The van der Waals surface area contributed by atoms with E-state index in [2.05, 4.69) is 52.1 Å². The van der Waals surface area contributed by atoms with Crippen molar-refractivity contribution in [3.63, 3.8) is 0 Å². The summed E-state index contributed by atoms with van der Waals surface area (Å²) in [5.74, 6) is 0. The second kappa shape index (κ2) is 4.94. The smallest absolute Gasteiger partial charge is 0.0549 e. The Hall–Kier alpha value is -0.250. The molecule has 1 aromatic carbocycles. The lowest BCUT2D eigenvalue weighted by Gasteiger charge is -2.37. The first kappa shape index (κ1) is 12.2. The van der Waals surface area contributed by atoms with E-state index < -0.39 is 0 Å². The normalized spacial score (nSPS) is 25.9. The zero-order valence-corrected chi connectivity index (χ0v) is 11.8. The van der Waals surface area contributed by atoms with Gasteiger partial charge in [0.2, 0.25) is 0 Å². The van der Waals surface area contributed by atoms with Crippen LogP contribution in [0.3, 0.4) is 0 Å². The van der Waals surface area contributed by atoms with Crippen LogP contribution in [0, 0.1) is 0 Å². The molecule has 1 fully saturated rings. The zero-order valence-electron chi connectivity index (χ0n) is 9.50. The van der Waals surface area contributed by atoms with Crippen LogP contribution in [0.2, 0.25) is 5.02 Å². The number of anilines is 1. The molecule has 1 aromatic rings. The van der Waals surface area contributed by atoms with Gasteiger partial charge in [0.1, 0.15) is 0 Å². The van der Waals surface area contributed by atoms with E-state index >= 15 is 0 Å². The summed E-state index contributed by atoms with van der Waals surface area (Å²) in [6.07, 6.45) is 0. The predicted octanol–water partition coefficient (Wildman–Crippen LogP) is 3.29. The Morgan fingerprint density at radius 2 is 1.94 bits per heavy atom. The third-order valence-corrected chi connectivity index (χ3v) is 4.04. The highest BCUT2D eigenvalue weighted by Crippen LogP contribution is 2.28. The van der Waals surface area contributed by atoms with E-state index in [0.29, 0.717) is 12.1 Å². The van der Waals surface area contributed by atoms with Gasteiger partial charge in [0.05, 0.1) is 5.02 Å². The fourth-order valence-electron chi connectivity index (χ4n) is 2.22. The molecule has 0 radical (unpaired) electrons. The van der Waals surface area contributed by atoms with E-state index in [1.807, 2.05) is 6.07 Å². The Kier molecular flexibility index (Phi) is 3.77. The second-order valence-electron chi connectivity index (χ2n) is 4.47. The summed E-state index contributed by atoms with van der Waals surface area (Å²) < 4.78 is 0.963. The summed E-state index contributed by atoms with van der Waals surface area (Å²) >= 11 is 9.47. The molecule has 0 unspecified atom stereocenters. The minimum absolute atomic E-state index is 0.526. The van der Waals surface area contributed by atoms with Gasteiger partial charge in [0.25, 0.3) is 0 Å². The Labute approximate surface area is 110 Å². The highest BCUT2D eigenvalue weighted by molar-refractivity contribution is 9.10. The van der Waals surface area contributed by atoms with E-state index in [9.17, 15) is 0 Å². The lowest BCUT2D eigenvalue weighted by molar-refractivity contribution is 0.407. The van der Waals surface area contributed by atoms with Crippen molar-refractivity contribution >= 4 is 33.2 Å². The van der Waals surface area contributed by atoms with E-state index in [0.717, 1.165) is 22.6 Å². The minimum Gasteiger partial charge on any atom is -0.368 e. The van der Waals surface area contributed by atoms with Gasteiger partial charge in [0.15, 0.2) is 0 Å². The van der Waals surface area contributed by atoms with Crippen molar-refractivity contribution in [1.29, 1.82) is 0 Å². The Balaban J connectivity index is 2.19. The summed E-state index contributed by atoms with van der Waals surface area (Å²) in [6.45, 7) is 6.51. The molecule has 0 saturated carbocycles. The molecule has 16 heavy (non-hydrogen) atoms. The predicted molar refractivity (Wildman–Crippen MR) is 73.4 cm³/mol. The van der Waals surface area contributed by atoms with Crippen LogP contribution in [-0.2, 0) is 0 Å². The molecule has 1 heterocycles. The summed E-state index contributed by atoms with van der Waals surface area (Å²) in [6, 6.07) is 7.17. The van der Waals surface area contributed by atoms with E-state index in [-0.39, 0.29) is 0 Å². The summed E-state index contributed by atoms with van der Waals surface area (Å²) in [5, 5.41) is 4.29. The lowest BCUT2D eigenvalue weighted by atomic mass is 10.1. The van der Waals surface area contributed by atoms with Gasteiger partial charge in [-0.05, 0) is 48.0 Å². The van der Waals surface area contributed by atoms with Crippen LogP contribution < -0.4 is 10.2 Å². The average Bonchev–Trinajstić information content (AvgIpc) is 2.20. The summed E-state index contributed by atoms with van der Waals surface area (Å²) in [5.41, 5.74) is 1.23. The van der Waals surface area contributed by atoms with Gasteiger partial charge < -0.3 is 10.2 Å². The molecule has 88 valence electrons. The van der Waals surface area contributed by atoms with Crippen molar-refractivity contribution in [2.24, 2.45) is 0 Å². The van der Waals surface area contributed by atoms with E-state index in [1.165, 1.54) is 5.69 Å². The number of benzene rings is 1. The van der Waals surface area contributed by atoms with Crippen LogP contribution in [0.5, 0.6) is 0 Å². The van der Waals surface area contributed by atoms with E-state index in [4.69, 9.17) is 11.6 Å². The first-order valence-electron chi connectivity index (χ1n) is 5.52. The second-order valence-corrected chi connectivity index (χ2v) is 5.73. The molecule has 1 aliphatic heterocycles. The molecular weight excluding hydrogens is 288 g/mol. The Morgan fingerprint density at radius 3 is 2.50 bits per heavy atom. The van der Waals surface area contributed by atoms with Gasteiger partial charge in [0, 0.05) is 35.3 Å². The van der Waals surface area contributed by atoms with Crippen LogP contribution >= 0.6 is 27.5 Å². The Morgan fingerprint density at radius 1 is 1.31 bits per heavy atom. The molecule has 2 atom stereocenters. The monoisotopic (exact) mass is 302 g/mol. The van der Waals surface area contributed by atoms with Crippen molar-refractivity contribution in [3.8, 4) is 0 Å². The molecule has 2 rings (SSSR count). The fourth-order valence-corrected chi connectivity index (χ4v) is 2.70. The van der Waals surface area contributed by atoms with Gasteiger partial charge in [-0.3, -0.25) is 0 Å². The summed E-state index contributed by atoms with van der Waals surface area (Å²) in [4.78, 5) is 2.40. The molecule has 1 N–H and O–H groups in total. The molecular formula is C12H16BrClN2. The van der Waals surface area contributed by atoms with Crippen LogP contribution in [0.4, 0.5) is 5.69 Å². The van der Waals surface area contributed by atoms with Gasteiger partial charge in [-0.15, -0.1) is 0 Å². The molecule has 0 aromatic heterocycles. The highest BCUT2D eigenvalue weighted by Gasteiger charge is 2.21. The van der Waals surface area contributed by atoms with Crippen molar-refractivity contribution in [2.45, 2.75) is 25.9 Å². The third-order valence-electron chi connectivity index (χ3n) is 2.83. The standard InChI is InChI=1S/C12H16BrClN2/c1-8-6-16(7-9(2)15-8)10-3-4-12(14)11(13)5-10/h3-5,8-9,15H,6-7H2,1-2H3/t8-,9+. The largest absolute Gasteiger partial charge is 0.368 e. The van der Waals surface area contributed by atoms with Crippen molar-refractivity contribution in [2.75, 3.05) is 18.0 Å². The molecule has 0 bridgehead atoms. The Bertz CT molecular complexity index is 373. The van der Waals surface area contributed by atoms with Crippen molar-refractivity contribution < 1.29 is 0 Å². The number of hydrogen-bond donors (Lipinski definition) is 1.